The Labute approximate surface area is 257 Å². The van der Waals surface area contributed by atoms with Crippen molar-refractivity contribution in [1.82, 2.24) is 4.57 Å². The summed E-state index contributed by atoms with van der Waals surface area (Å²) < 4.78 is 13.6. The molecule has 4 aromatic rings. The number of aromatic nitrogens is 1. The van der Waals surface area contributed by atoms with Crippen molar-refractivity contribution in [2.45, 2.75) is 59.4 Å². The molecule has 0 aliphatic carbocycles. The number of aliphatic carboxylic acids is 2. The molecule has 0 saturated heterocycles. The van der Waals surface area contributed by atoms with Crippen molar-refractivity contribution in [2.75, 3.05) is 13.2 Å². The highest BCUT2D eigenvalue weighted by atomic mass is 35.5. The third-order valence-corrected chi connectivity index (χ3v) is 7.40. The molecule has 2 N–H and O–H groups in total. The van der Waals surface area contributed by atoms with E-state index < -0.39 is 11.9 Å². The van der Waals surface area contributed by atoms with E-state index in [4.69, 9.17) is 26.2 Å². The summed E-state index contributed by atoms with van der Waals surface area (Å²) in [5.41, 5.74) is 6.94. The number of hydrogen-bond acceptors (Lipinski definition) is 4. The molecular weight excluding hydrogens is 566 g/mol. The maximum atomic E-state index is 11.6. The second-order valence-electron chi connectivity index (χ2n) is 10.8. The predicted molar refractivity (Wildman–Crippen MR) is 171 cm³/mol. The van der Waals surface area contributed by atoms with E-state index in [1.807, 2.05) is 48.6 Å². The molecule has 43 heavy (non-hydrogen) atoms. The fourth-order valence-electron chi connectivity index (χ4n) is 5.36. The molecule has 7 nitrogen and oxygen atoms in total. The van der Waals surface area contributed by atoms with Crippen LogP contribution in [0.1, 0.15) is 59.1 Å². The van der Waals surface area contributed by atoms with Gasteiger partial charge in [0.05, 0.1) is 18.7 Å². The fourth-order valence-corrected chi connectivity index (χ4v) is 5.59. The maximum absolute atomic E-state index is 11.6. The van der Waals surface area contributed by atoms with Gasteiger partial charge in [-0.25, -0.2) is 0 Å². The van der Waals surface area contributed by atoms with Gasteiger partial charge in [0.25, 0.3) is 0 Å². The summed E-state index contributed by atoms with van der Waals surface area (Å²) in [6.45, 7) is 7.28. The second-order valence-corrected chi connectivity index (χ2v) is 11.3. The molecule has 226 valence electrons. The molecule has 0 spiro atoms. The molecule has 0 atom stereocenters. The summed E-state index contributed by atoms with van der Waals surface area (Å²) in [5, 5.41) is 19.9. The number of carbonyl (C=O) groups is 2. The molecule has 0 bridgehead atoms. The van der Waals surface area contributed by atoms with E-state index in [1.54, 1.807) is 10.8 Å². The molecule has 1 heterocycles. The van der Waals surface area contributed by atoms with Crippen LogP contribution in [-0.2, 0) is 22.6 Å². The SMILES string of the molecule is Cc1cc(C)c(OCCCCOc2ccc(C=Cc3cc(Cl)cc4c(CCCC(=O)O)cn(CC(=O)O)c34)cc2)c(C)c1. The number of unbranched alkanes of at least 4 members (excludes halogenated alkanes) is 1. The monoisotopic (exact) mass is 603 g/mol. The smallest absolute Gasteiger partial charge is 0.323 e. The minimum absolute atomic E-state index is 0.0422. The Morgan fingerprint density at radius 1 is 0.860 bits per heavy atom. The van der Waals surface area contributed by atoms with Crippen LogP contribution in [-0.4, -0.2) is 39.9 Å². The Morgan fingerprint density at radius 3 is 2.19 bits per heavy atom. The summed E-state index contributed by atoms with van der Waals surface area (Å²) in [6, 6.07) is 15.7. The minimum atomic E-state index is -0.960. The molecule has 0 fully saturated rings. The molecule has 4 rings (SSSR count). The van der Waals surface area contributed by atoms with Gasteiger partial charge in [-0.15, -0.1) is 0 Å². The van der Waals surface area contributed by atoms with Gasteiger partial charge in [-0.05, 0) is 93.0 Å². The van der Waals surface area contributed by atoms with Crippen molar-refractivity contribution in [3.63, 3.8) is 0 Å². The number of ether oxygens (including phenoxy) is 2. The van der Waals surface area contributed by atoms with Gasteiger partial charge in [-0.2, -0.15) is 0 Å². The number of benzene rings is 3. The van der Waals surface area contributed by atoms with Crippen LogP contribution >= 0.6 is 11.6 Å². The molecule has 8 heteroatoms. The first-order valence-electron chi connectivity index (χ1n) is 14.5. The number of carboxylic acids is 2. The lowest BCUT2D eigenvalue weighted by molar-refractivity contribution is -0.138. The number of aryl methyl sites for hydroxylation is 4. The average Bonchev–Trinajstić information content (AvgIpc) is 3.26. The van der Waals surface area contributed by atoms with Crippen LogP contribution in [0.15, 0.2) is 54.7 Å². The summed E-state index contributed by atoms with van der Waals surface area (Å²) in [7, 11) is 0. The lowest BCUT2D eigenvalue weighted by Gasteiger charge is -2.13. The Hall–Kier alpha value is -4.23. The highest BCUT2D eigenvalue weighted by Crippen LogP contribution is 2.31. The molecule has 0 radical (unpaired) electrons. The van der Waals surface area contributed by atoms with Crippen LogP contribution < -0.4 is 9.47 Å². The third kappa shape index (κ3) is 8.88. The van der Waals surface area contributed by atoms with Crippen molar-refractivity contribution in [3.05, 3.63) is 93.1 Å². The Balaban J connectivity index is 1.37. The van der Waals surface area contributed by atoms with E-state index in [1.165, 1.54) is 5.56 Å². The molecule has 0 aliphatic heterocycles. The molecular formula is C35H38ClNO6. The van der Waals surface area contributed by atoms with Gasteiger partial charge in [0.15, 0.2) is 0 Å². The number of rotatable bonds is 15. The van der Waals surface area contributed by atoms with Crippen LogP contribution in [0.25, 0.3) is 23.1 Å². The normalized spacial score (nSPS) is 11.3. The number of hydrogen-bond donors (Lipinski definition) is 2. The molecule has 3 aromatic carbocycles. The van der Waals surface area contributed by atoms with Crippen molar-refractivity contribution in [1.29, 1.82) is 0 Å². The largest absolute Gasteiger partial charge is 0.494 e. The van der Waals surface area contributed by atoms with E-state index in [-0.39, 0.29) is 13.0 Å². The molecule has 0 aliphatic rings. The molecule has 0 unspecified atom stereocenters. The number of nitrogens with zero attached hydrogens (tertiary/aromatic N) is 1. The van der Waals surface area contributed by atoms with Crippen molar-refractivity contribution < 1.29 is 29.3 Å². The van der Waals surface area contributed by atoms with Gasteiger partial charge in [-0.1, -0.05) is 53.6 Å². The van der Waals surface area contributed by atoms with E-state index in [0.717, 1.165) is 63.1 Å². The maximum Gasteiger partial charge on any atom is 0.323 e. The lowest BCUT2D eigenvalue weighted by atomic mass is 10.0. The van der Waals surface area contributed by atoms with Crippen LogP contribution in [0.2, 0.25) is 5.02 Å². The number of halogens is 1. The first-order chi connectivity index (χ1) is 20.6. The van der Waals surface area contributed by atoms with Crippen molar-refractivity contribution in [3.8, 4) is 11.5 Å². The van der Waals surface area contributed by atoms with E-state index in [0.29, 0.717) is 31.1 Å². The Kier molecular flexibility index (Phi) is 10.9. The van der Waals surface area contributed by atoms with Gasteiger partial charge in [0.2, 0.25) is 0 Å². The lowest BCUT2D eigenvalue weighted by Crippen LogP contribution is -2.08. The zero-order valence-electron chi connectivity index (χ0n) is 24.9. The first-order valence-corrected chi connectivity index (χ1v) is 14.8. The van der Waals surface area contributed by atoms with Gasteiger partial charge in [0, 0.05) is 28.6 Å². The quantitative estimate of drug-likeness (QED) is 0.105. The average molecular weight is 604 g/mol. The van der Waals surface area contributed by atoms with Gasteiger partial charge >= 0.3 is 11.9 Å². The fraction of sp³-hybridized carbons (Fsp3) is 0.314. The van der Waals surface area contributed by atoms with Crippen LogP contribution in [0.3, 0.4) is 0 Å². The van der Waals surface area contributed by atoms with E-state index in [9.17, 15) is 14.7 Å². The highest BCUT2D eigenvalue weighted by molar-refractivity contribution is 6.31. The zero-order valence-corrected chi connectivity index (χ0v) is 25.6. The minimum Gasteiger partial charge on any atom is -0.494 e. The molecule has 0 amide bonds. The van der Waals surface area contributed by atoms with Crippen molar-refractivity contribution in [2.24, 2.45) is 0 Å². The highest BCUT2D eigenvalue weighted by Gasteiger charge is 2.15. The van der Waals surface area contributed by atoms with Crippen LogP contribution in [0, 0.1) is 20.8 Å². The third-order valence-electron chi connectivity index (χ3n) is 7.19. The van der Waals surface area contributed by atoms with Crippen molar-refractivity contribution >= 4 is 46.6 Å². The van der Waals surface area contributed by atoms with E-state index >= 15 is 0 Å². The van der Waals surface area contributed by atoms with E-state index in [2.05, 4.69) is 32.9 Å². The topological polar surface area (TPSA) is 98.0 Å². The zero-order chi connectivity index (χ0) is 30.9. The summed E-state index contributed by atoms with van der Waals surface area (Å²) in [6.07, 6.45) is 8.44. The van der Waals surface area contributed by atoms with Gasteiger partial charge < -0.3 is 24.3 Å². The molecule has 1 aromatic heterocycles. The van der Waals surface area contributed by atoms with Gasteiger partial charge in [-0.3, -0.25) is 9.59 Å². The number of carboxylic acid groups (broad SMARTS) is 2. The predicted octanol–water partition coefficient (Wildman–Crippen LogP) is 8.12. The first kappa shape index (κ1) is 31.7. The summed E-state index contributed by atoms with van der Waals surface area (Å²) in [5.74, 6) is -0.0610. The Bertz CT molecular complexity index is 1600. The number of fused-ring (bicyclic) bond motifs is 1. The van der Waals surface area contributed by atoms with Gasteiger partial charge in [0.1, 0.15) is 18.0 Å². The van der Waals surface area contributed by atoms with Crippen LogP contribution in [0.4, 0.5) is 0 Å². The molecule has 0 saturated carbocycles. The van der Waals surface area contributed by atoms with Crippen LogP contribution in [0.5, 0.6) is 11.5 Å². The standard InChI is InChI=1S/C35H38ClNO6/c1-23-17-24(2)35(25(3)18-23)43-16-5-4-15-42-30-13-10-26(11-14-30)9-12-27-19-29(36)20-31-28(7-6-8-32(38)39)21-37(34(27)31)22-33(40)41/h9-14,17-21H,4-8,15-16,22H2,1-3H3,(H,38,39)(H,40,41). The summed E-state index contributed by atoms with van der Waals surface area (Å²) in [4.78, 5) is 22.6. The summed E-state index contributed by atoms with van der Waals surface area (Å²) >= 11 is 6.45. The Morgan fingerprint density at radius 2 is 1.53 bits per heavy atom. The second kappa shape index (κ2) is 14.8.